The fourth-order valence-corrected chi connectivity index (χ4v) is 3.17. The molecule has 2 bridgehead atoms. The zero-order valence-electron chi connectivity index (χ0n) is 9.21. The van der Waals surface area contributed by atoms with Crippen molar-refractivity contribution in [1.29, 1.82) is 0 Å². The molecule has 3 N–H and O–H groups in total. The largest absolute Gasteiger partial charge is 0.393 e. The van der Waals surface area contributed by atoms with Crippen LogP contribution in [0.15, 0.2) is 18.3 Å². The number of nitrogens with two attached hydrogens (primary N) is 1. The van der Waals surface area contributed by atoms with Crippen molar-refractivity contribution in [3.63, 3.8) is 0 Å². The predicted octanol–water partition coefficient (Wildman–Crippen LogP) is 1.16. The summed E-state index contributed by atoms with van der Waals surface area (Å²) in [4.78, 5) is 6.44. The van der Waals surface area contributed by atoms with Crippen molar-refractivity contribution in [2.75, 3.05) is 10.6 Å². The molecule has 0 aromatic carbocycles. The summed E-state index contributed by atoms with van der Waals surface area (Å²) in [6, 6.07) is 4.91. The summed E-state index contributed by atoms with van der Waals surface area (Å²) in [5.74, 6) is 0.572. The van der Waals surface area contributed by atoms with Gasteiger partial charge in [-0.2, -0.15) is 0 Å². The molecule has 0 radical (unpaired) electrons. The summed E-state index contributed by atoms with van der Waals surface area (Å²) < 4.78 is 0. The Balaban J connectivity index is 1.91. The Morgan fingerprint density at radius 3 is 2.62 bits per heavy atom. The van der Waals surface area contributed by atoms with Crippen molar-refractivity contribution >= 4 is 11.5 Å². The molecule has 2 fully saturated rings. The first kappa shape index (κ1) is 9.90. The molecule has 16 heavy (non-hydrogen) atoms. The summed E-state index contributed by atoms with van der Waals surface area (Å²) in [7, 11) is 0. The topological polar surface area (TPSA) is 62.4 Å². The molecular formula is C12H17N3O. The van der Waals surface area contributed by atoms with E-state index in [2.05, 4.69) is 9.88 Å². The van der Waals surface area contributed by atoms with Crippen LogP contribution in [-0.4, -0.2) is 28.3 Å². The standard InChI is InChI=1S/C12H17N3O/c13-12-7-10(3-4-14-12)15-8-1-2-9(15)6-11(16)5-8/h3-4,7-9,11,16H,1-2,5-6H2,(H2,13,14). The number of pyridine rings is 1. The first-order valence-electron chi connectivity index (χ1n) is 5.92. The maximum atomic E-state index is 9.75. The minimum absolute atomic E-state index is 0.118. The lowest BCUT2D eigenvalue weighted by molar-refractivity contribution is 0.126. The third-order valence-electron chi connectivity index (χ3n) is 3.77. The normalized spacial score (nSPS) is 33.1. The van der Waals surface area contributed by atoms with Gasteiger partial charge in [-0.25, -0.2) is 4.98 Å². The van der Waals surface area contributed by atoms with Gasteiger partial charge in [0.25, 0.3) is 0 Å². The minimum Gasteiger partial charge on any atom is -0.393 e. The van der Waals surface area contributed by atoms with Crippen LogP contribution < -0.4 is 10.6 Å². The Morgan fingerprint density at radius 2 is 2.00 bits per heavy atom. The van der Waals surface area contributed by atoms with Crippen LogP contribution in [0.1, 0.15) is 25.7 Å². The lowest BCUT2D eigenvalue weighted by Gasteiger charge is -2.39. The molecule has 2 aliphatic heterocycles. The highest BCUT2D eigenvalue weighted by molar-refractivity contribution is 5.55. The van der Waals surface area contributed by atoms with E-state index in [4.69, 9.17) is 5.73 Å². The minimum atomic E-state index is -0.118. The molecule has 2 atom stereocenters. The van der Waals surface area contributed by atoms with Crippen LogP contribution in [0.2, 0.25) is 0 Å². The van der Waals surface area contributed by atoms with Gasteiger partial charge in [-0.05, 0) is 31.7 Å². The van der Waals surface area contributed by atoms with Crippen LogP contribution in [-0.2, 0) is 0 Å². The summed E-state index contributed by atoms with van der Waals surface area (Å²) in [5, 5.41) is 9.75. The van der Waals surface area contributed by atoms with Gasteiger partial charge in [0.2, 0.25) is 0 Å². The Labute approximate surface area is 95.1 Å². The van der Waals surface area contributed by atoms with Crippen LogP contribution in [0, 0.1) is 0 Å². The van der Waals surface area contributed by atoms with Crippen molar-refractivity contribution in [3.8, 4) is 0 Å². The van der Waals surface area contributed by atoms with Crippen LogP contribution >= 0.6 is 0 Å². The van der Waals surface area contributed by atoms with Gasteiger partial charge in [0.15, 0.2) is 0 Å². The van der Waals surface area contributed by atoms with Crippen molar-refractivity contribution in [1.82, 2.24) is 4.98 Å². The van der Waals surface area contributed by atoms with E-state index in [1.165, 1.54) is 12.8 Å². The van der Waals surface area contributed by atoms with Crippen LogP contribution in [0.5, 0.6) is 0 Å². The second kappa shape index (κ2) is 3.63. The van der Waals surface area contributed by atoms with Crippen molar-refractivity contribution < 1.29 is 5.11 Å². The lowest BCUT2D eigenvalue weighted by Crippen LogP contribution is -2.44. The molecule has 1 aromatic rings. The maximum absolute atomic E-state index is 9.75. The van der Waals surface area contributed by atoms with E-state index in [1.54, 1.807) is 6.20 Å². The van der Waals surface area contributed by atoms with Crippen LogP contribution in [0.3, 0.4) is 0 Å². The van der Waals surface area contributed by atoms with E-state index in [1.807, 2.05) is 12.1 Å². The maximum Gasteiger partial charge on any atom is 0.125 e. The first-order valence-corrected chi connectivity index (χ1v) is 5.92. The van der Waals surface area contributed by atoms with E-state index in [9.17, 15) is 5.11 Å². The number of aliphatic hydroxyl groups is 1. The summed E-state index contributed by atoms with van der Waals surface area (Å²) in [5.41, 5.74) is 6.88. The predicted molar refractivity (Wildman–Crippen MR) is 63.2 cm³/mol. The number of rotatable bonds is 1. The summed E-state index contributed by atoms with van der Waals surface area (Å²) in [6.07, 6.45) is 5.79. The Bertz CT molecular complexity index is 382. The van der Waals surface area contributed by atoms with Gasteiger partial charge in [0.1, 0.15) is 5.82 Å². The number of aliphatic hydroxyl groups excluding tert-OH is 1. The number of hydrogen-bond acceptors (Lipinski definition) is 4. The van der Waals surface area contributed by atoms with Crippen molar-refractivity contribution in [2.45, 2.75) is 43.9 Å². The average Bonchev–Trinajstić information content (AvgIpc) is 2.51. The Morgan fingerprint density at radius 1 is 1.31 bits per heavy atom. The molecule has 0 spiro atoms. The zero-order valence-corrected chi connectivity index (χ0v) is 9.21. The van der Waals surface area contributed by atoms with Crippen LogP contribution in [0.25, 0.3) is 0 Å². The van der Waals surface area contributed by atoms with Gasteiger partial charge in [-0.15, -0.1) is 0 Å². The molecular weight excluding hydrogens is 202 g/mol. The number of hydrogen-bond donors (Lipinski definition) is 2. The van der Waals surface area contributed by atoms with Crippen LogP contribution in [0.4, 0.5) is 11.5 Å². The summed E-state index contributed by atoms with van der Waals surface area (Å²) >= 11 is 0. The first-order chi connectivity index (χ1) is 7.74. The highest BCUT2D eigenvalue weighted by Gasteiger charge is 2.40. The Hall–Kier alpha value is -1.29. The molecule has 4 nitrogen and oxygen atoms in total. The SMILES string of the molecule is Nc1cc(N2C3CCC2CC(O)C3)ccn1. The molecule has 1 aromatic heterocycles. The van der Waals surface area contributed by atoms with E-state index in [0.717, 1.165) is 18.5 Å². The number of piperidine rings is 1. The zero-order chi connectivity index (χ0) is 11.1. The van der Waals surface area contributed by atoms with Crippen molar-refractivity contribution in [3.05, 3.63) is 18.3 Å². The number of fused-ring (bicyclic) bond motifs is 2. The van der Waals surface area contributed by atoms with Gasteiger partial charge in [-0.1, -0.05) is 0 Å². The smallest absolute Gasteiger partial charge is 0.125 e. The van der Waals surface area contributed by atoms with Gasteiger partial charge in [-0.3, -0.25) is 0 Å². The molecule has 2 saturated heterocycles. The highest BCUT2D eigenvalue weighted by atomic mass is 16.3. The van der Waals surface area contributed by atoms with Crippen molar-refractivity contribution in [2.24, 2.45) is 0 Å². The quantitative estimate of drug-likeness (QED) is 0.744. The molecule has 2 unspecified atom stereocenters. The molecule has 3 heterocycles. The number of nitrogen functional groups attached to an aromatic ring is 1. The van der Waals surface area contributed by atoms with E-state index < -0.39 is 0 Å². The van der Waals surface area contributed by atoms with Gasteiger partial charge < -0.3 is 15.7 Å². The highest BCUT2D eigenvalue weighted by Crippen LogP contribution is 2.39. The summed E-state index contributed by atoms with van der Waals surface area (Å²) in [6.45, 7) is 0. The average molecular weight is 219 g/mol. The monoisotopic (exact) mass is 219 g/mol. The molecule has 0 amide bonds. The fraction of sp³-hybridized carbons (Fsp3) is 0.583. The number of anilines is 2. The third-order valence-corrected chi connectivity index (χ3v) is 3.77. The fourth-order valence-electron chi connectivity index (χ4n) is 3.17. The third kappa shape index (κ3) is 1.53. The molecule has 86 valence electrons. The molecule has 3 rings (SSSR count). The second-order valence-electron chi connectivity index (χ2n) is 4.86. The van der Waals surface area contributed by atoms with Gasteiger partial charge in [0.05, 0.1) is 6.10 Å². The molecule has 2 aliphatic rings. The van der Waals surface area contributed by atoms with E-state index in [-0.39, 0.29) is 6.10 Å². The Kier molecular flexibility index (Phi) is 2.24. The second-order valence-corrected chi connectivity index (χ2v) is 4.86. The molecule has 0 aliphatic carbocycles. The molecule has 4 heteroatoms. The van der Waals surface area contributed by atoms with E-state index in [0.29, 0.717) is 17.9 Å². The molecule has 0 saturated carbocycles. The number of aromatic nitrogens is 1. The van der Waals surface area contributed by atoms with E-state index >= 15 is 0 Å². The van der Waals surface area contributed by atoms with Gasteiger partial charge in [0, 0.05) is 30.0 Å². The number of nitrogens with zero attached hydrogens (tertiary/aromatic N) is 2. The lowest BCUT2D eigenvalue weighted by atomic mass is 9.99. The van der Waals surface area contributed by atoms with Gasteiger partial charge >= 0.3 is 0 Å².